The summed E-state index contributed by atoms with van der Waals surface area (Å²) in [5.74, 6) is -6.09. The largest absolute Gasteiger partial charge is 0.481 e. The zero-order valence-corrected chi connectivity index (χ0v) is 14.7. The molecule has 11 heteroatoms. The van der Waals surface area contributed by atoms with Crippen molar-refractivity contribution >= 4 is 27.6 Å². The van der Waals surface area contributed by atoms with Gasteiger partial charge in [-0.2, -0.15) is 17.5 Å². The molecule has 1 saturated heterocycles. The molecule has 1 aliphatic rings. The summed E-state index contributed by atoms with van der Waals surface area (Å²) in [6.45, 7) is -0.382. The van der Waals surface area contributed by atoms with Gasteiger partial charge in [-0.25, -0.2) is 8.42 Å². The first-order valence-electron chi connectivity index (χ1n) is 7.49. The molecule has 2 atom stereocenters. The van der Waals surface area contributed by atoms with Gasteiger partial charge in [0, 0.05) is 32.7 Å². The summed E-state index contributed by atoms with van der Waals surface area (Å²) in [7, 11) is -2.81. The van der Waals surface area contributed by atoms with Crippen LogP contribution in [0, 0.1) is 11.8 Å². The molecular formula is C15H17F3N2O5S. The van der Waals surface area contributed by atoms with Crippen LogP contribution in [-0.4, -0.2) is 56.0 Å². The van der Waals surface area contributed by atoms with Crippen LogP contribution in [0.15, 0.2) is 29.2 Å². The van der Waals surface area contributed by atoms with Crippen molar-refractivity contribution in [1.29, 1.82) is 0 Å². The number of carboxylic acid groups (broad SMARTS) is 1. The monoisotopic (exact) mass is 394 g/mol. The molecule has 0 aliphatic carbocycles. The summed E-state index contributed by atoms with van der Waals surface area (Å²) in [5, 5.41) is 8.99. The number of halogens is 3. The highest BCUT2D eigenvalue weighted by atomic mass is 32.2. The molecule has 2 rings (SSSR count). The number of alkyl halides is 3. The second-order valence-corrected chi connectivity index (χ2v) is 7.92. The molecule has 1 amide bonds. The lowest BCUT2D eigenvalue weighted by molar-refractivity contribution is -0.187. The van der Waals surface area contributed by atoms with Gasteiger partial charge in [-0.3, -0.25) is 9.59 Å². The molecule has 144 valence electrons. The molecule has 0 aromatic heterocycles. The molecule has 1 fully saturated rings. The predicted octanol–water partition coefficient (Wildman–Crippen LogP) is 1.55. The van der Waals surface area contributed by atoms with Crippen molar-refractivity contribution in [3.63, 3.8) is 0 Å². The van der Waals surface area contributed by atoms with Crippen molar-refractivity contribution in [2.75, 3.05) is 25.0 Å². The van der Waals surface area contributed by atoms with Crippen molar-refractivity contribution in [2.24, 2.45) is 11.8 Å². The molecule has 0 saturated carbocycles. The number of aliphatic carboxylic acids is 1. The molecule has 0 spiro atoms. The molecule has 0 bridgehead atoms. The van der Waals surface area contributed by atoms with Gasteiger partial charge in [0.25, 0.3) is 0 Å². The fourth-order valence-electron chi connectivity index (χ4n) is 2.72. The fourth-order valence-corrected chi connectivity index (χ4v) is 4.21. The SMILES string of the molecule is CC(=O)N(C)c1ccc(S(=O)(=O)N2C[C@@H](C(F)(F)F)[C@H](C(=O)O)C2)cc1. The summed E-state index contributed by atoms with van der Waals surface area (Å²) >= 11 is 0. The number of hydrogen-bond acceptors (Lipinski definition) is 4. The highest BCUT2D eigenvalue weighted by Crippen LogP contribution is 2.39. The van der Waals surface area contributed by atoms with Gasteiger partial charge in [-0.1, -0.05) is 0 Å². The number of carbonyl (C=O) groups is 2. The summed E-state index contributed by atoms with van der Waals surface area (Å²) < 4.78 is 64.8. The van der Waals surface area contributed by atoms with Gasteiger partial charge >= 0.3 is 12.1 Å². The van der Waals surface area contributed by atoms with Gasteiger partial charge in [0.2, 0.25) is 15.9 Å². The number of amides is 1. The van der Waals surface area contributed by atoms with Crippen LogP contribution in [0.3, 0.4) is 0 Å². The van der Waals surface area contributed by atoms with Crippen molar-refractivity contribution in [1.82, 2.24) is 4.31 Å². The van der Waals surface area contributed by atoms with Crippen molar-refractivity contribution in [3.8, 4) is 0 Å². The first-order valence-corrected chi connectivity index (χ1v) is 8.93. The minimum Gasteiger partial charge on any atom is -0.481 e. The third-order valence-corrected chi connectivity index (χ3v) is 6.20. The fraction of sp³-hybridized carbons (Fsp3) is 0.467. The van der Waals surface area contributed by atoms with Gasteiger partial charge < -0.3 is 10.0 Å². The van der Waals surface area contributed by atoms with Gasteiger partial charge in [0.05, 0.1) is 16.7 Å². The minimum atomic E-state index is -4.82. The lowest BCUT2D eigenvalue weighted by atomic mass is 9.96. The number of benzene rings is 1. The molecule has 1 aromatic carbocycles. The molecule has 1 heterocycles. The summed E-state index contributed by atoms with van der Waals surface area (Å²) in [6.07, 6.45) is -4.82. The maximum atomic E-state index is 13.0. The molecule has 1 aliphatic heterocycles. The Kier molecular flexibility index (Phi) is 5.34. The van der Waals surface area contributed by atoms with Crippen LogP contribution in [-0.2, 0) is 19.6 Å². The zero-order chi connectivity index (χ0) is 19.9. The molecule has 0 radical (unpaired) electrons. The Bertz CT molecular complexity index is 808. The Hall–Kier alpha value is -2.14. The average Bonchev–Trinajstić information content (AvgIpc) is 3.01. The van der Waals surface area contributed by atoms with Crippen LogP contribution in [0.25, 0.3) is 0 Å². The quantitative estimate of drug-likeness (QED) is 0.836. The molecule has 7 nitrogen and oxygen atoms in total. The van der Waals surface area contributed by atoms with Crippen molar-refractivity contribution in [2.45, 2.75) is 18.0 Å². The standard InChI is InChI=1S/C15H17F3N2O5S/c1-9(21)19(2)10-3-5-11(6-4-10)26(24,25)20-7-12(14(22)23)13(8-20)15(16,17)18/h3-6,12-13H,7-8H2,1-2H3,(H,22,23)/t12-,13-/m1/s1. The number of carboxylic acids is 1. The number of nitrogens with zero attached hydrogens (tertiary/aromatic N) is 2. The van der Waals surface area contributed by atoms with E-state index in [1.807, 2.05) is 0 Å². The number of hydrogen-bond donors (Lipinski definition) is 1. The van der Waals surface area contributed by atoms with E-state index in [1.54, 1.807) is 0 Å². The zero-order valence-electron chi connectivity index (χ0n) is 13.9. The number of carbonyl (C=O) groups excluding carboxylic acids is 1. The molecule has 1 aromatic rings. The molecule has 26 heavy (non-hydrogen) atoms. The highest BCUT2D eigenvalue weighted by molar-refractivity contribution is 7.89. The lowest BCUT2D eigenvalue weighted by Crippen LogP contribution is -2.34. The number of rotatable bonds is 4. The maximum absolute atomic E-state index is 13.0. The smallest absolute Gasteiger partial charge is 0.393 e. The van der Waals surface area contributed by atoms with E-state index in [2.05, 4.69) is 0 Å². The molecule has 0 unspecified atom stereocenters. The van der Waals surface area contributed by atoms with E-state index < -0.39 is 47.1 Å². The van der Waals surface area contributed by atoms with Crippen LogP contribution in [0.1, 0.15) is 6.92 Å². The molecular weight excluding hydrogens is 377 g/mol. The van der Waals surface area contributed by atoms with Gasteiger partial charge in [0.15, 0.2) is 0 Å². The van der Waals surface area contributed by atoms with E-state index >= 15 is 0 Å². The second kappa shape index (κ2) is 6.88. The topological polar surface area (TPSA) is 95.0 Å². The van der Waals surface area contributed by atoms with E-state index in [0.717, 1.165) is 0 Å². The van der Waals surface area contributed by atoms with Crippen LogP contribution < -0.4 is 4.90 Å². The van der Waals surface area contributed by atoms with Crippen LogP contribution in [0.2, 0.25) is 0 Å². The van der Waals surface area contributed by atoms with Crippen LogP contribution in [0.4, 0.5) is 18.9 Å². The van der Waals surface area contributed by atoms with E-state index in [0.29, 0.717) is 9.99 Å². The number of sulfonamides is 1. The van der Waals surface area contributed by atoms with Crippen LogP contribution in [0.5, 0.6) is 0 Å². The Morgan fingerprint density at radius 2 is 1.73 bits per heavy atom. The normalized spacial score (nSPS) is 21.6. The first-order chi connectivity index (χ1) is 11.9. The first kappa shape index (κ1) is 20.2. The van der Waals surface area contributed by atoms with Gasteiger partial charge in [-0.05, 0) is 24.3 Å². The summed E-state index contributed by atoms with van der Waals surface area (Å²) in [6, 6.07) is 5.03. The molecule has 1 N–H and O–H groups in total. The van der Waals surface area contributed by atoms with Crippen molar-refractivity contribution < 1.29 is 36.3 Å². The minimum absolute atomic E-state index is 0.273. The van der Waals surface area contributed by atoms with E-state index in [-0.39, 0.29) is 10.8 Å². The Morgan fingerprint density at radius 1 is 1.19 bits per heavy atom. The highest BCUT2D eigenvalue weighted by Gasteiger charge is 2.54. The summed E-state index contributed by atoms with van der Waals surface area (Å²) in [4.78, 5) is 23.4. The lowest BCUT2D eigenvalue weighted by Gasteiger charge is -2.19. The summed E-state index contributed by atoms with van der Waals surface area (Å²) in [5.41, 5.74) is 0.412. The van der Waals surface area contributed by atoms with E-state index in [1.165, 1.54) is 43.1 Å². The second-order valence-electron chi connectivity index (χ2n) is 5.99. The van der Waals surface area contributed by atoms with E-state index in [4.69, 9.17) is 5.11 Å². The van der Waals surface area contributed by atoms with Gasteiger partial charge in [0.1, 0.15) is 0 Å². The number of anilines is 1. The van der Waals surface area contributed by atoms with Crippen molar-refractivity contribution in [3.05, 3.63) is 24.3 Å². The van der Waals surface area contributed by atoms with Gasteiger partial charge in [-0.15, -0.1) is 0 Å². The Labute approximate surface area is 148 Å². The van der Waals surface area contributed by atoms with Crippen LogP contribution >= 0.6 is 0 Å². The third-order valence-electron chi connectivity index (χ3n) is 4.36. The third kappa shape index (κ3) is 3.83. The predicted molar refractivity (Wildman–Crippen MR) is 85.0 cm³/mol. The van der Waals surface area contributed by atoms with E-state index in [9.17, 15) is 31.2 Å². The maximum Gasteiger partial charge on any atom is 0.393 e. The average molecular weight is 394 g/mol. The Balaban J connectivity index is 2.30. The Morgan fingerprint density at radius 3 is 2.12 bits per heavy atom.